The molecule has 4 heteroatoms. The lowest BCUT2D eigenvalue weighted by Crippen LogP contribution is -1.98. The second kappa shape index (κ2) is 4.74. The molecule has 0 N–H and O–H groups in total. The molecular formula is C12H14ClNO2. The highest BCUT2D eigenvalue weighted by molar-refractivity contribution is 6.32. The van der Waals surface area contributed by atoms with E-state index in [1.807, 2.05) is 0 Å². The average Bonchev–Trinajstić information content (AvgIpc) is 3.09. The first-order valence-electron chi connectivity index (χ1n) is 5.19. The van der Waals surface area contributed by atoms with Gasteiger partial charge >= 0.3 is 0 Å². The molecule has 0 aromatic carbocycles. The summed E-state index contributed by atoms with van der Waals surface area (Å²) in [4.78, 5) is 4.33. The van der Waals surface area contributed by atoms with Crippen LogP contribution in [0.25, 0.3) is 5.57 Å². The maximum atomic E-state index is 6.07. The minimum atomic E-state index is 0.528. The van der Waals surface area contributed by atoms with Crippen molar-refractivity contribution < 1.29 is 9.47 Å². The Morgan fingerprint density at radius 1 is 1.50 bits per heavy atom. The van der Waals surface area contributed by atoms with Crippen LogP contribution >= 0.6 is 11.6 Å². The molecule has 1 fully saturated rings. The number of allylic oxidation sites excluding steroid dienone is 1. The van der Waals surface area contributed by atoms with Gasteiger partial charge in [-0.3, -0.25) is 4.98 Å². The van der Waals surface area contributed by atoms with Crippen LogP contribution in [-0.2, 0) is 4.74 Å². The molecule has 0 aliphatic heterocycles. The molecule has 1 aliphatic rings. The van der Waals surface area contributed by atoms with Gasteiger partial charge in [0.05, 0.1) is 25.5 Å². The number of pyridine rings is 1. The molecule has 0 spiro atoms. The second-order valence-corrected chi connectivity index (χ2v) is 4.16. The molecule has 1 aliphatic carbocycles. The molecule has 16 heavy (non-hydrogen) atoms. The highest BCUT2D eigenvalue weighted by Crippen LogP contribution is 2.44. The highest BCUT2D eigenvalue weighted by Gasteiger charge is 2.30. The minimum absolute atomic E-state index is 0.528. The fourth-order valence-electron chi connectivity index (χ4n) is 1.69. The van der Waals surface area contributed by atoms with Gasteiger partial charge in [0.2, 0.25) is 0 Å². The first kappa shape index (κ1) is 11.3. The Balaban J connectivity index is 2.44. The molecule has 1 aromatic heterocycles. The van der Waals surface area contributed by atoms with Crippen molar-refractivity contribution in [2.24, 2.45) is 5.92 Å². The maximum absolute atomic E-state index is 6.07. The number of methoxy groups -OCH3 is 2. The third-order valence-corrected chi connectivity index (χ3v) is 2.89. The summed E-state index contributed by atoms with van der Waals surface area (Å²) in [6.45, 7) is 0. The molecule has 1 heterocycles. The third-order valence-electron chi connectivity index (χ3n) is 2.60. The van der Waals surface area contributed by atoms with Gasteiger partial charge in [-0.2, -0.15) is 0 Å². The Morgan fingerprint density at radius 3 is 2.81 bits per heavy atom. The molecule has 0 saturated heterocycles. The van der Waals surface area contributed by atoms with E-state index in [0.29, 0.717) is 16.7 Å². The van der Waals surface area contributed by atoms with E-state index in [2.05, 4.69) is 4.98 Å². The van der Waals surface area contributed by atoms with Crippen molar-refractivity contribution in [3.8, 4) is 5.75 Å². The van der Waals surface area contributed by atoms with Crippen LogP contribution in [0.2, 0.25) is 5.02 Å². The topological polar surface area (TPSA) is 31.4 Å². The minimum Gasteiger partial charge on any atom is -0.504 e. The summed E-state index contributed by atoms with van der Waals surface area (Å²) in [5.74, 6) is 1.15. The van der Waals surface area contributed by atoms with Crippen LogP contribution in [-0.4, -0.2) is 19.2 Å². The number of hydrogen-bond donors (Lipinski definition) is 0. The predicted molar refractivity (Wildman–Crippen MR) is 63.5 cm³/mol. The smallest absolute Gasteiger partial charge is 0.163 e. The largest absolute Gasteiger partial charge is 0.504 e. The van der Waals surface area contributed by atoms with Gasteiger partial charge in [-0.15, -0.1) is 0 Å². The summed E-state index contributed by atoms with van der Waals surface area (Å²) in [7, 11) is 3.24. The number of halogens is 1. The summed E-state index contributed by atoms with van der Waals surface area (Å²) in [5.41, 5.74) is 1.86. The van der Waals surface area contributed by atoms with Crippen LogP contribution in [0, 0.1) is 5.92 Å². The molecular weight excluding hydrogens is 226 g/mol. The molecule has 0 amide bonds. The van der Waals surface area contributed by atoms with Crippen LogP contribution < -0.4 is 4.74 Å². The molecule has 2 rings (SSSR count). The molecule has 0 bridgehead atoms. The van der Waals surface area contributed by atoms with Gasteiger partial charge in [0.1, 0.15) is 5.69 Å². The SMILES string of the molecule is CO/C=C(\c1nccc(Cl)c1OC)C1CC1. The maximum Gasteiger partial charge on any atom is 0.163 e. The zero-order chi connectivity index (χ0) is 11.5. The Morgan fingerprint density at radius 2 is 2.25 bits per heavy atom. The van der Waals surface area contributed by atoms with E-state index in [1.54, 1.807) is 32.7 Å². The number of aromatic nitrogens is 1. The van der Waals surface area contributed by atoms with E-state index in [4.69, 9.17) is 21.1 Å². The Kier molecular flexibility index (Phi) is 3.34. The van der Waals surface area contributed by atoms with Crippen molar-refractivity contribution in [2.75, 3.05) is 14.2 Å². The zero-order valence-electron chi connectivity index (χ0n) is 9.37. The summed E-state index contributed by atoms with van der Waals surface area (Å²) >= 11 is 6.07. The number of hydrogen-bond acceptors (Lipinski definition) is 3. The quantitative estimate of drug-likeness (QED) is 0.757. The van der Waals surface area contributed by atoms with Crippen molar-refractivity contribution in [1.29, 1.82) is 0 Å². The van der Waals surface area contributed by atoms with Gasteiger partial charge in [0, 0.05) is 11.8 Å². The van der Waals surface area contributed by atoms with Crippen LogP contribution in [0.1, 0.15) is 18.5 Å². The highest BCUT2D eigenvalue weighted by atomic mass is 35.5. The molecule has 0 unspecified atom stereocenters. The fraction of sp³-hybridized carbons (Fsp3) is 0.417. The lowest BCUT2D eigenvalue weighted by atomic mass is 10.1. The van der Waals surface area contributed by atoms with Gasteiger partial charge in [0.25, 0.3) is 0 Å². The number of rotatable bonds is 4. The predicted octanol–water partition coefficient (Wildman–Crippen LogP) is 3.14. The molecule has 0 atom stereocenters. The monoisotopic (exact) mass is 239 g/mol. The number of nitrogens with zero attached hydrogens (tertiary/aromatic N) is 1. The van der Waals surface area contributed by atoms with Crippen LogP contribution in [0.15, 0.2) is 18.5 Å². The van der Waals surface area contributed by atoms with Crippen LogP contribution in [0.4, 0.5) is 0 Å². The van der Waals surface area contributed by atoms with E-state index < -0.39 is 0 Å². The summed E-state index contributed by atoms with van der Waals surface area (Å²) in [6, 6.07) is 1.72. The zero-order valence-corrected chi connectivity index (χ0v) is 10.1. The Hall–Kier alpha value is -1.22. The normalized spacial score (nSPS) is 16.1. The van der Waals surface area contributed by atoms with Gasteiger partial charge < -0.3 is 9.47 Å². The lowest BCUT2D eigenvalue weighted by Gasteiger charge is -2.11. The van der Waals surface area contributed by atoms with E-state index in [9.17, 15) is 0 Å². The van der Waals surface area contributed by atoms with Crippen molar-refractivity contribution >= 4 is 17.2 Å². The number of ether oxygens (including phenoxy) is 2. The van der Waals surface area contributed by atoms with E-state index in [-0.39, 0.29) is 0 Å². The van der Waals surface area contributed by atoms with Crippen molar-refractivity contribution in [2.45, 2.75) is 12.8 Å². The standard InChI is InChI=1S/C12H14ClNO2/c1-15-7-9(8-3-4-8)11-12(16-2)10(13)5-6-14-11/h5-8H,3-4H2,1-2H3/b9-7-. The summed E-state index contributed by atoms with van der Waals surface area (Å²) < 4.78 is 10.4. The van der Waals surface area contributed by atoms with E-state index in [0.717, 1.165) is 11.3 Å². The average molecular weight is 240 g/mol. The van der Waals surface area contributed by atoms with E-state index >= 15 is 0 Å². The second-order valence-electron chi connectivity index (χ2n) is 3.76. The summed E-state index contributed by atoms with van der Waals surface area (Å²) in [5, 5.41) is 0.579. The van der Waals surface area contributed by atoms with Crippen molar-refractivity contribution in [3.63, 3.8) is 0 Å². The Bertz CT molecular complexity index is 413. The Labute approximate surface area is 100 Å². The van der Waals surface area contributed by atoms with Gasteiger partial charge in [-0.05, 0) is 24.8 Å². The van der Waals surface area contributed by atoms with Gasteiger partial charge in [0.15, 0.2) is 5.75 Å². The summed E-state index contributed by atoms with van der Waals surface area (Å²) in [6.07, 6.45) is 5.77. The lowest BCUT2D eigenvalue weighted by molar-refractivity contribution is 0.338. The molecule has 0 radical (unpaired) electrons. The van der Waals surface area contributed by atoms with E-state index in [1.165, 1.54) is 12.8 Å². The first-order valence-corrected chi connectivity index (χ1v) is 5.57. The molecule has 1 saturated carbocycles. The van der Waals surface area contributed by atoms with Crippen molar-refractivity contribution in [3.05, 3.63) is 29.2 Å². The first-order chi connectivity index (χ1) is 7.77. The third kappa shape index (κ3) is 2.14. The van der Waals surface area contributed by atoms with Crippen LogP contribution in [0.5, 0.6) is 5.75 Å². The van der Waals surface area contributed by atoms with Crippen molar-refractivity contribution in [1.82, 2.24) is 4.98 Å². The molecule has 3 nitrogen and oxygen atoms in total. The van der Waals surface area contributed by atoms with Crippen LogP contribution in [0.3, 0.4) is 0 Å². The van der Waals surface area contributed by atoms with Gasteiger partial charge in [-0.25, -0.2) is 0 Å². The molecule has 1 aromatic rings. The fourth-order valence-corrected chi connectivity index (χ4v) is 1.91. The molecule has 86 valence electrons. The van der Waals surface area contributed by atoms with Gasteiger partial charge in [-0.1, -0.05) is 11.6 Å².